The number of carbonyl (C=O) groups excluding carboxylic acids is 1. The zero-order valence-electron chi connectivity index (χ0n) is 25.6. The summed E-state index contributed by atoms with van der Waals surface area (Å²) in [5, 5.41) is 6.53. The molecule has 1 fully saturated rings. The second-order valence-electron chi connectivity index (χ2n) is 12.1. The highest BCUT2D eigenvalue weighted by Gasteiger charge is 2.27. The molecule has 3 aromatic carbocycles. The quantitative estimate of drug-likeness (QED) is 0.251. The summed E-state index contributed by atoms with van der Waals surface area (Å²) >= 11 is 0. The van der Waals surface area contributed by atoms with E-state index < -0.39 is 0 Å². The highest BCUT2D eigenvalue weighted by Crippen LogP contribution is 2.42. The average molecular weight is 575 g/mol. The van der Waals surface area contributed by atoms with Crippen LogP contribution in [0.15, 0.2) is 72.9 Å². The molecule has 43 heavy (non-hydrogen) atoms. The zero-order valence-corrected chi connectivity index (χ0v) is 25.6. The molecular weight excluding hydrogens is 532 g/mol. The van der Waals surface area contributed by atoms with Crippen molar-refractivity contribution < 1.29 is 4.79 Å². The van der Waals surface area contributed by atoms with Gasteiger partial charge in [-0.3, -0.25) is 4.79 Å². The van der Waals surface area contributed by atoms with Crippen LogP contribution in [0.5, 0.6) is 0 Å². The van der Waals surface area contributed by atoms with Crippen molar-refractivity contribution in [3.05, 3.63) is 106 Å². The van der Waals surface area contributed by atoms with Gasteiger partial charge in [-0.2, -0.15) is 0 Å². The van der Waals surface area contributed by atoms with Gasteiger partial charge in [0.1, 0.15) is 0 Å². The molecule has 2 aliphatic rings. The average Bonchev–Trinajstić information content (AvgIpc) is 3.02. The lowest BCUT2D eigenvalue weighted by molar-refractivity contribution is -0.115. The predicted octanol–water partition coefficient (Wildman–Crippen LogP) is 5.68. The first-order valence-electron chi connectivity index (χ1n) is 15.5. The van der Waals surface area contributed by atoms with Crippen LogP contribution in [0.1, 0.15) is 45.7 Å². The minimum atomic E-state index is -0.00571. The second-order valence-corrected chi connectivity index (χ2v) is 12.1. The van der Waals surface area contributed by atoms with Crippen LogP contribution in [0, 0.1) is 13.8 Å². The smallest absolute Gasteiger partial charge is 0.228 e. The fourth-order valence-corrected chi connectivity index (χ4v) is 6.20. The molecule has 1 aliphatic carbocycles. The van der Waals surface area contributed by atoms with Crippen molar-refractivity contribution in [2.75, 3.05) is 56.9 Å². The fourth-order valence-electron chi connectivity index (χ4n) is 6.20. The van der Waals surface area contributed by atoms with E-state index in [1.165, 1.54) is 27.8 Å². The van der Waals surface area contributed by atoms with Crippen LogP contribution in [0.4, 0.5) is 11.6 Å². The SMILES string of the molecule is Cc1ccc(CC(=O)Nc2ccc(C3Cc4cnc(NCCCN5CCN(C)CC5)nc4-c4ccccc43)cc2)cc1C. The number of nitrogens with one attached hydrogen (secondary N) is 2. The molecule has 1 aliphatic heterocycles. The molecule has 1 saturated heterocycles. The first-order chi connectivity index (χ1) is 20.9. The van der Waals surface area contributed by atoms with Gasteiger partial charge in [0.05, 0.1) is 12.1 Å². The van der Waals surface area contributed by atoms with E-state index in [2.05, 4.69) is 94.8 Å². The van der Waals surface area contributed by atoms with Gasteiger partial charge in [0, 0.05) is 56.1 Å². The number of aryl methyl sites for hydroxylation is 2. The number of hydrogen-bond donors (Lipinski definition) is 2. The summed E-state index contributed by atoms with van der Waals surface area (Å²) in [7, 11) is 2.19. The number of carbonyl (C=O) groups is 1. The number of anilines is 2. The maximum absolute atomic E-state index is 12.7. The zero-order chi connectivity index (χ0) is 29.8. The Morgan fingerprint density at radius 1 is 0.953 bits per heavy atom. The van der Waals surface area contributed by atoms with E-state index in [0.717, 1.165) is 74.6 Å². The van der Waals surface area contributed by atoms with Crippen molar-refractivity contribution in [2.45, 2.75) is 39.0 Å². The molecule has 1 aromatic heterocycles. The molecule has 0 saturated carbocycles. The second kappa shape index (κ2) is 13.1. The number of aromatic nitrogens is 2. The number of hydrogen-bond acceptors (Lipinski definition) is 6. The summed E-state index contributed by atoms with van der Waals surface area (Å²) in [5.74, 6) is 0.898. The first kappa shape index (κ1) is 29.0. The molecule has 7 heteroatoms. The van der Waals surface area contributed by atoms with E-state index >= 15 is 0 Å². The van der Waals surface area contributed by atoms with Gasteiger partial charge < -0.3 is 20.4 Å². The number of amides is 1. The number of fused-ring (bicyclic) bond motifs is 3. The summed E-state index contributed by atoms with van der Waals surface area (Å²) in [6, 6.07) is 23.1. The molecule has 0 radical (unpaired) electrons. The molecule has 1 atom stereocenters. The summed E-state index contributed by atoms with van der Waals surface area (Å²) in [6.45, 7) is 10.7. The number of benzene rings is 3. The van der Waals surface area contributed by atoms with Crippen molar-refractivity contribution in [2.24, 2.45) is 0 Å². The highest BCUT2D eigenvalue weighted by molar-refractivity contribution is 5.92. The van der Waals surface area contributed by atoms with Crippen LogP contribution in [-0.4, -0.2) is 72.0 Å². The largest absolute Gasteiger partial charge is 0.354 e. The van der Waals surface area contributed by atoms with Gasteiger partial charge in [0.2, 0.25) is 11.9 Å². The predicted molar refractivity (Wildman–Crippen MR) is 175 cm³/mol. The van der Waals surface area contributed by atoms with Crippen LogP contribution in [-0.2, 0) is 17.6 Å². The van der Waals surface area contributed by atoms with E-state index in [1.54, 1.807) is 0 Å². The fraction of sp³-hybridized carbons (Fsp3) is 0.361. The Morgan fingerprint density at radius 2 is 1.74 bits per heavy atom. The minimum absolute atomic E-state index is 0.00571. The van der Waals surface area contributed by atoms with Crippen LogP contribution >= 0.6 is 0 Å². The lowest BCUT2D eigenvalue weighted by Gasteiger charge is -2.32. The van der Waals surface area contributed by atoms with Crippen molar-refractivity contribution in [1.82, 2.24) is 19.8 Å². The topological polar surface area (TPSA) is 73.4 Å². The standard InChI is InChI=1S/C36H42N6O/c1-25-9-10-27(21-26(25)2)22-34(43)39-30-13-11-28(12-14-30)33-23-29-24-38-36(40-35(29)32-8-5-4-7-31(32)33)37-15-6-16-42-19-17-41(3)18-20-42/h4-5,7-14,21,24,33H,6,15-20,22-23H2,1-3H3,(H,39,43)(H,37,38,40). The lowest BCUT2D eigenvalue weighted by Crippen LogP contribution is -2.44. The molecular formula is C36H42N6O. The number of likely N-dealkylation sites (N-methyl/N-ethyl adjacent to an activating group) is 1. The molecule has 2 heterocycles. The number of rotatable bonds is 9. The van der Waals surface area contributed by atoms with Gasteiger partial charge in [-0.15, -0.1) is 0 Å². The van der Waals surface area contributed by atoms with E-state index in [-0.39, 0.29) is 11.8 Å². The molecule has 1 unspecified atom stereocenters. The van der Waals surface area contributed by atoms with Gasteiger partial charge in [0.15, 0.2) is 0 Å². The molecule has 222 valence electrons. The Labute approximate surface area is 255 Å². The number of piperazine rings is 1. The van der Waals surface area contributed by atoms with Gasteiger partial charge in [-0.05, 0) is 85.8 Å². The molecule has 4 aromatic rings. The summed E-state index contributed by atoms with van der Waals surface area (Å²) in [6.07, 6.45) is 4.28. The van der Waals surface area contributed by atoms with E-state index in [0.29, 0.717) is 12.4 Å². The van der Waals surface area contributed by atoms with Gasteiger partial charge in [-0.25, -0.2) is 9.97 Å². The first-order valence-corrected chi connectivity index (χ1v) is 15.5. The van der Waals surface area contributed by atoms with Crippen molar-refractivity contribution >= 4 is 17.5 Å². The van der Waals surface area contributed by atoms with Crippen molar-refractivity contribution in [3.8, 4) is 11.3 Å². The third-order valence-corrected chi connectivity index (χ3v) is 8.94. The Kier molecular flexibility index (Phi) is 8.82. The Hall–Kier alpha value is -4.07. The van der Waals surface area contributed by atoms with Crippen LogP contribution in [0.25, 0.3) is 11.3 Å². The lowest BCUT2D eigenvalue weighted by atomic mass is 9.78. The van der Waals surface area contributed by atoms with Gasteiger partial charge in [0.25, 0.3) is 0 Å². The molecule has 6 rings (SSSR count). The molecule has 2 N–H and O–H groups in total. The summed E-state index contributed by atoms with van der Waals surface area (Å²) in [4.78, 5) is 27.3. The van der Waals surface area contributed by atoms with Crippen molar-refractivity contribution in [3.63, 3.8) is 0 Å². The third-order valence-electron chi connectivity index (χ3n) is 8.94. The van der Waals surface area contributed by atoms with Crippen LogP contribution < -0.4 is 10.6 Å². The Balaban J connectivity index is 1.09. The van der Waals surface area contributed by atoms with Gasteiger partial charge >= 0.3 is 0 Å². The van der Waals surface area contributed by atoms with E-state index in [4.69, 9.17) is 4.98 Å². The molecule has 7 nitrogen and oxygen atoms in total. The maximum atomic E-state index is 12.7. The van der Waals surface area contributed by atoms with Gasteiger partial charge in [-0.1, -0.05) is 54.6 Å². The maximum Gasteiger partial charge on any atom is 0.228 e. The normalized spacial score (nSPS) is 16.8. The van der Waals surface area contributed by atoms with E-state index in [9.17, 15) is 4.79 Å². The third kappa shape index (κ3) is 6.95. The highest BCUT2D eigenvalue weighted by atomic mass is 16.1. The van der Waals surface area contributed by atoms with Crippen LogP contribution in [0.2, 0.25) is 0 Å². The Morgan fingerprint density at radius 3 is 2.53 bits per heavy atom. The van der Waals surface area contributed by atoms with E-state index in [1.807, 2.05) is 24.4 Å². The number of nitrogens with zero attached hydrogens (tertiary/aromatic N) is 4. The summed E-state index contributed by atoms with van der Waals surface area (Å²) in [5.41, 5.74) is 10.1. The Bertz CT molecular complexity index is 1580. The molecule has 1 amide bonds. The minimum Gasteiger partial charge on any atom is -0.354 e. The van der Waals surface area contributed by atoms with Crippen LogP contribution in [0.3, 0.4) is 0 Å². The molecule has 0 spiro atoms. The van der Waals surface area contributed by atoms with Crippen molar-refractivity contribution in [1.29, 1.82) is 0 Å². The molecule has 0 bridgehead atoms. The monoisotopic (exact) mass is 574 g/mol. The summed E-state index contributed by atoms with van der Waals surface area (Å²) < 4.78 is 0.